The van der Waals surface area contributed by atoms with Crippen molar-refractivity contribution >= 4 is 14.0 Å². The number of nitrogens with zero attached hydrogens (tertiary/aromatic N) is 2. The van der Waals surface area contributed by atoms with E-state index in [9.17, 15) is 5.11 Å². The minimum Gasteiger partial charge on any atom is -0.497 e. The molecule has 162 valence electrons. The normalized spacial score (nSPS) is 13.5. The summed E-state index contributed by atoms with van der Waals surface area (Å²) in [6.07, 6.45) is 1.47. The van der Waals surface area contributed by atoms with Gasteiger partial charge in [-0.2, -0.15) is 0 Å². The monoisotopic (exact) mass is 428 g/mol. The molecule has 0 fully saturated rings. The lowest BCUT2D eigenvalue weighted by molar-refractivity contribution is 0.204. The zero-order valence-corrected chi connectivity index (χ0v) is 19.9. The van der Waals surface area contributed by atoms with Gasteiger partial charge in [-0.1, -0.05) is 26.8 Å². The molecular formula is C23H32N2O4Si. The summed E-state index contributed by atoms with van der Waals surface area (Å²) >= 11 is 0. The van der Waals surface area contributed by atoms with E-state index < -0.39 is 14.4 Å². The van der Waals surface area contributed by atoms with Gasteiger partial charge in [-0.3, -0.25) is 0 Å². The van der Waals surface area contributed by atoms with Gasteiger partial charge in [0.15, 0.2) is 8.32 Å². The van der Waals surface area contributed by atoms with Gasteiger partial charge >= 0.3 is 0 Å². The van der Waals surface area contributed by atoms with E-state index in [1.165, 1.54) is 0 Å². The van der Waals surface area contributed by atoms with E-state index in [1.54, 1.807) is 14.2 Å². The number of methoxy groups -OCH3 is 2. The van der Waals surface area contributed by atoms with Crippen LogP contribution in [0, 0.1) is 0 Å². The molecule has 3 rings (SSSR count). The Morgan fingerprint density at radius 1 is 1.10 bits per heavy atom. The van der Waals surface area contributed by atoms with Gasteiger partial charge in [-0.15, -0.1) is 0 Å². The predicted molar refractivity (Wildman–Crippen MR) is 121 cm³/mol. The van der Waals surface area contributed by atoms with Crippen LogP contribution in [0.3, 0.4) is 0 Å². The highest BCUT2D eigenvalue weighted by atomic mass is 28.4. The fourth-order valence-electron chi connectivity index (χ4n) is 3.24. The average molecular weight is 429 g/mol. The summed E-state index contributed by atoms with van der Waals surface area (Å²) in [5.74, 6) is 1.42. The van der Waals surface area contributed by atoms with E-state index in [0.29, 0.717) is 17.2 Å². The van der Waals surface area contributed by atoms with E-state index in [-0.39, 0.29) is 11.6 Å². The Morgan fingerprint density at radius 3 is 2.43 bits per heavy atom. The van der Waals surface area contributed by atoms with Crippen molar-refractivity contribution in [1.29, 1.82) is 0 Å². The molecule has 0 amide bonds. The maximum atomic E-state index is 10.1. The molecule has 2 aromatic heterocycles. The van der Waals surface area contributed by atoms with Crippen LogP contribution in [-0.2, 0) is 11.0 Å². The summed E-state index contributed by atoms with van der Waals surface area (Å²) < 4.78 is 20.1. The van der Waals surface area contributed by atoms with Crippen LogP contribution in [0.5, 0.6) is 11.5 Å². The second kappa shape index (κ2) is 8.41. The SMILES string of the molecule is COc1ccc(OC)c(C(O[Si](C)(C)C(C)(C)C)c2c(CO)nc3ccccn23)c1. The maximum absolute atomic E-state index is 10.1. The smallest absolute Gasteiger partial charge is 0.193 e. The van der Waals surface area contributed by atoms with Crippen LogP contribution in [0.2, 0.25) is 18.1 Å². The van der Waals surface area contributed by atoms with Crippen molar-refractivity contribution < 1.29 is 19.0 Å². The van der Waals surface area contributed by atoms with E-state index in [0.717, 1.165) is 16.9 Å². The van der Waals surface area contributed by atoms with E-state index in [1.807, 2.05) is 47.0 Å². The molecule has 6 nitrogen and oxygen atoms in total. The van der Waals surface area contributed by atoms with Crippen LogP contribution in [-0.4, -0.2) is 37.0 Å². The summed E-state index contributed by atoms with van der Waals surface area (Å²) in [6.45, 7) is 10.9. The zero-order valence-electron chi connectivity index (χ0n) is 18.9. The van der Waals surface area contributed by atoms with Gasteiger partial charge in [0, 0.05) is 11.8 Å². The first-order valence-electron chi connectivity index (χ1n) is 10.1. The van der Waals surface area contributed by atoms with Crippen LogP contribution in [0.4, 0.5) is 0 Å². The maximum Gasteiger partial charge on any atom is 0.193 e. The number of hydrogen-bond donors (Lipinski definition) is 1. The Balaban J connectivity index is 2.30. The topological polar surface area (TPSA) is 65.2 Å². The second-order valence-corrected chi connectivity index (χ2v) is 13.7. The summed E-state index contributed by atoms with van der Waals surface area (Å²) in [4.78, 5) is 4.64. The lowest BCUT2D eigenvalue weighted by Gasteiger charge is -2.39. The van der Waals surface area contributed by atoms with E-state index in [4.69, 9.17) is 13.9 Å². The van der Waals surface area contributed by atoms with Gasteiger partial charge in [0.2, 0.25) is 0 Å². The fraction of sp³-hybridized carbons (Fsp3) is 0.435. The van der Waals surface area contributed by atoms with Crippen molar-refractivity contribution in [3.05, 3.63) is 59.5 Å². The first-order chi connectivity index (χ1) is 14.1. The second-order valence-electron chi connectivity index (χ2n) is 8.90. The fourth-order valence-corrected chi connectivity index (χ4v) is 4.42. The first-order valence-corrected chi connectivity index (χ1v) is 13.0. The lowest BCUT2D eigenvalue weighted by atomic mass is 10.0. The summed E-state index contributed by atoms with van der Waals surface area (Å²) in [5, 5.41) is 10.1. The predicted octanol–water partition coefficient (Wildman–Crippen LogP) is 4.96. The van der Waals surface area contributed by atoms with Crippen LogP contribution in [0.25, 0.3) is 5.65 Å². The summed E-state index contributed by atoms with van der Waals surface area (Å²) in [7, 11) is 1.08. The van der Waals surface area contributed by atoms with Crippen LogP contribution in [0.1, 0.15) is 43.8 Å². The Hall–Kier alpha value is -2.35. The largest absolute Gasteiger partial charge is 0.497 e. The Kier molecular flexibility index (Phi) is 6.26. The number of benzene rings is 1. The van der Waals surface area contributed by atoms with Crippen molar-refractivity contribution in [3.8, 4) is 11.5 Å². The highest BCUT2D eigenvalue weighted by molar-refractivity contribution is 6.74. The molecule has 1 atom stereocenters. The molecule has 0 saturated carbocycles. The number of aliphatic hydroxyl groups excluding tert-OH is 1. The first kappa shape index (κ1) is 22.3. The molecule has 1 aromatic carbocycles. The Morgan fingerprint density at radius 2 is 1.83 bits per heavy atom. The number of hydrogen-bond acceptors (Lipinski definition) is 5. The lowest BCUT2D eigenvalue weighted by Crippen LogP contribution is -2.42. The molecule has 0 bridgehead atoms. The molecule has 0 aliphatic rings. The summed E-state index contributed by atoms with van der Waals surface area (Å²) in [5.41, 5.74) is 3.02. The molecule has 1 unspecified atom stereocenters. The molecule has 0 aliphatic carbocycles. The minimum atomic E-state index is -2.21. The molecule has 30 heavy (non-hydrogen) atoms. The zero-order chi connectivity index (χ0) is 22.1. The minimum absolute atomic E-state index is 0.00276. The number of aliphatic hydroxyl groups is 1. The standard InChI is InChI=1S/C23H32N2O4Si/c1-23(2,3)30(6,7)29-22(17-14-16(27-4)11-12-19(17)28-5)21-18(15-26)24-20-10-8-9-13-25(20)21/h8-14,22,26H,15H2,1-7H3. The molecule has 0 spiro atoms. The average Bonchev–Trinajstić information content (AvgIpc) is 3.09. The molecule has 7 heteroatoms. The number of imidazole rings is 1. The highest BCUT2D eigenvalue weighted by Crippen LogP contribution is 2.44. The van der Waals surface area contributed by atoms with Crippen molar-refractivity contribution in [2.24, 2.45) is 0 Å². The van der Waals surface area contributed by atoms with Crippen molar-refractivity contribution in [3.63, 3.8) is 0 Å². The molecule has 0 saturated heterocycles. The van der Waals surface area contributed by atoms with Gasteiger partial charge in [-0.05, 0) is 48.5 Å². The third-order valence-electron chi connectivity index (χ3n) is 5.98. The van der Waals surface area contributed by atoms with Gasteiger partial charge in [0.05, 0.1) is 32.2 Å². The number of aromatic nitrogens is 2. The van der Waals surface area contributed by atoms with E-state index >= 15 is 0 Å². The van der Waals surface area contributed by atoms with Gasteiger partial charge in [0.1, 0.15) is 23.3 Å². The van der Waals surface area contributed by atoms with Crippen LogP contribution in [0.15, 0.2) is 42.6 Å². The van der Waals surface area contributed by atoms with Crippen molar-refractivity contribution in [1.82, 2.24) is 9.38 Å². The van der Waals surface area contributed by atoms with Crippen LogP contribution < -0.4 is 9.47 Å². The summed E-state index contributed by atoms with van der Waals surface area (Å²) in [6, 6.07) is 11.5. The van der Waals surface area contributed by atoms with Gasteiger partial charge in [-0.25, -0.2) is 4.98 Å². The highest BCUT2D eigenvalue weighted by Gasteiger charge is 2.41. The third kappa shape index (κ3) is 4.10. The Bertz CT molecular complexity index is 1020. The number of pyridine rings is 1. The molecule has 2 heterocycles. The number of fused-ring (bicyclic) bond motifs is 1. The van der Waals surface area contributed by atoms with Crippen molar-refractivity contribution in [2.45, 2.75) is 51.6 Å². The molecular weight excluding hydrogens is 396 g/mol. The quantitative estimate of drug-likeness (QED) is 0.539. The Labute approximate surface area is 179 Å². The van der Waals surface area contributed by atoms with Crippen LogP contribution >= 0.6 is 0 Å². The molecule has 1 N–H and O–H groups in total. The molecule has 3 aromatic rings. The number of ether oxygens (including phenoxy) is 2. The van der Waals surface area contributed by atoms with E-state index in [2.05, 4.69) is 38.8 Å². The van der Waals surface area contributed by atoms with Gasteiger partial charge < -0.3 is 23.4 Å². The van der Waals surface area contributed by atoms with Crippen molar-refractivity contribution in [2.75, 3.05) is 14.2 Å². The van der Waals surface area contributed by atoms with Gasteiger partial charge in [0.25, 0.3) is 0 Å². The molecule has 0 radical (unpaired) electrons. The third-order valence-corrected chi connectivity index (χ3v) is 10.4. The molecule has 0 aliphatic heterocycles. The number of rotatable bonds is 7.